The van der Waals surface area contributed by atoms with Gasteiger partial charge in [-0.25, -0.2) is 8.42 Å². The molecule has 1 aliphatic rings. The highest BCUT2D eigenvalue weighted by molar-refractivity contribution is 7.91. The maximum atomic E-state index is 11.7. The largest absolute Gasteiger partial charge is 0.467 e. The van der Waals surface area contributed by atoms with Crippen LogP contribution < -0.4 is 5.32 Å². The first-order chi connectivity index (χ1) is 9.46. The summed E-state index contributed by atoms with van der Waals surface area (Å²) in [6.07, 6.45) is 2.58. The number of furan rings is 1. The van der Waals surface area contributed by atoms with Crippen molar-refractivity contribution in [3.8, 4) is 0 Å². The van der Waals surface area contributed by atoms with Gasteiger partial charge in [0.1, 0.15) is 5.76 Å². The molecule has 0 bridgehead atoms. The first-order valence-corrected chi connectivity index (χ1v) is 8.48. The number of sulfone groups is 1. The topological polar surface area (TPSA) is 79.6 Å². The third kappa shape index (κ3) is 4.35. The van der Waals surface area contributed by atoms with E-state index >= 15 is 0 Å². The van der Waals surface area contributed by atoms with Crippen LogP contribution in [0.2, 0.25) is 0 Å². The Morgan fingerprint density at radius 2 is 2.35 bits per heavy atom. The second-order valence-electron chi connectivity index (χ2n) is 5.14. The predicted molar refractivity (Wildman–Crippen MR) is 74.9 cm³/mol. The fourth-order valence-electron chi connectivity index (χ4n) is 2.27. The monoisotopic (exact) mass is 300 g/mol. The summed E-state index contributed by atoms with van der Waals surface area (Å²) in [7, 11) is -1.01. The standard InChI is InChI=1S/C13H20N2O4S/c1-15(11-5-8-20(17,18)10-11)6-4-13(16)14-9-12-3-2-7-19-12/h2-3,7,11H,4-6,8-10H2,1H3,(H,14,16). The molecule has 1 aromatic rings. The zero-order valence-corrected chi connectivity index (χ0v) is 12.4. The number of carbonyl (C=O) groups is 1. The van der Waals surface area contributed by atoms with Crippen molar-refractivity contribution in [3.05, 3.63) is 24.2 Å². The Morgan fingerprint density at radius 1 is 1.55 bits per heavy atom. The summed E-state index contributed by atoms with van der Waals surface area (Å²) in [5, 5.41) is 2.77. The van der Waals surface area contributed by atoms with Crippen molar-refractivity contribution in [3.63, 3.8) is 0 Å². The molecule has 1 fully saturated rings. The number of rotatable bonds is 6. The SMILES string of the molecule is CN(CCC(=O)NCc1ccco1)C1CCS(=O)(=O)C1. The molecule has 1 amide bonds. The van der Waals surface area contributed by atoms with Gasteiger partial charge in [0, 0.05) is 19.0 Å². The van der Waals surface area contributed by atoms with Crippen molar-refractivity contribution < 1.29 is 17.6 Å². The summed E-state index contributed by atoms with van der Waals surface area (Å²) in [5.74, 6) is 1.12. The lowest BCUT2D eigenvalue weighted by molar-refractivity contribution is -0.121. The molecule has 1 saturated heterocycles. The maximum absolute atomic E-state index is 11.7. The molecule has 1 aliphatic heterocycles. The Bertz CT molecular complexity index is 539. The number of hydrogen-bond acceptors (Lipinski definition) is 5. The van der Waals surface area contributed by atoms with Crippen LogP contribution in [-0.2, 0) is 21.2 Å². The zero-order chi connectivity index (χ0) is 14.6. The highest BCUT2D eigenvalue weighted by Gasteiger charge is 2.30. The molecule has 112 valence electrons. The van der Waals surface area contributed by atoms with E-state index in [1.807, 2.05) is 11.9 Å². The predicted octanol–water partition coefficient (Wildman–Crippen LogP) is 0.405. The molecule has 0 spiro atoms. The quantitative estimate of drug-likeness (QED) is 0.823. The molecule has 2 rings (SSSR count). The molecular weight excluding hydrogens is 280 g/mol. The van der Waals surface area contributed by atoms with Crippen LogP contribution >= 0.6 is 0 Å². The molecule has 0 saturated carbocycles. The van der Waals surface area contributed by atoms with E-state index in [4.69, 9.17) is 4.42 Å². The molecule has 0 radical (unpaired) electrons. The van der Waals surface area contributed by atoms with E-state index in [1.165, 1.54) is 0 Å². The molecule has 1 N–H and O–H groups in total. The lowest BCUT2D eigenvalue weighted by Gasteiger charge is -2.22. The average molecular weight is 300 g/mol. The Kier molecular flexibility index (Phi) is 4.82. The van der Waals surface area contributed by atoms with Crippen molar-refractivity contribution in [2.75, 3.05) is 25.1 Å². The second-order valence-corrected chi connectivity index (χ2v) is 7.37. The van der Waals surface area contributed by atoms with Crippen LogP contribution in [0, 0.1) is 0 Å². The average Bonchev–Trinajstić information content (AvgIpc) is 3.02. The third-order valence-electron chi connectivity index (χ3n) is 3.56. The van der Waals surface area contributed by atoms with Crippen LogP contribution in [0.25, 0.3) is 0 Å². The molecule has 20 heavy (non-hydrogen) atoms. The van der Waals surface area contributed by atoms with Gasteiger partial charge >= 0.3 is 0 Å². The van der Waals surface area contributed by atoms with E-state index in [9.17, 15) is 13.2 Å². The number of nitrogens with one attached hydrogen (secondary N) is 1. The highest BCUT2D eigenvalue weighted by atomic mass is 32.2. The smallest absolute Gasteiger partial charge is 0.221 e. The third-order valence-corrected chi connectivity index (χ3v) is 5.31. The van der Waals surface area contributed by atoms with Crippen molar-refractivity contribution in [2.45, 2.75) is 25.4 Å². The minimum atomic E-state index is -2.87. The summed E-state index contributed by atoms with van der Waals surface area (Å²) in [6.45, 7) is 0.942. The van der Waals surface area contributed by atoms with Crippen LogP contribution in [0.1, 0.15) is 18.6 Å². The normalized spacial score (nSPS) is 21.2. The summed E-state index contributed by atoms with van der Waals surface area (Å²) in [4.78, 5) is 13.6. The van der Waals surface area contributed by atoms with E-state index in [0.29, 0.717) is 31.7 Å². The molecule has 1 atom stereocenters. The van der Waals surface area contributed by atoms with Gasteiger partial charge < -0.3 is 14.6 Å². The van der Waals surface area contributed by atoms with E-state index in [2.05, 4.69) is 5.32 Å². The number of amides is 1. The molecule has 6 nitrogen and oxygen atoms in total. The van der Waals surface area contributed by atoms with Gasteiger partial charge in [-0.1, -0.05) is 0 Å². The number of nitrogens with zero attached hydrogens (tertiary/aromatic N) is 1. The van der Waals surface area contributed by atoms with Crippen LogP contribution in [0.15, 0.2) is 22.8 Å². The van der Waals surface area contributed by atoms with Crippen LogP contribution in [0.3, 0.4) is 0 Å². The van der Waals surface area contributed by atoms with Crippen molar-refractivity contribution in [1.29, 1.82) is 0 Å². The minimum Gasteiger partial charge on any atom is -0.467 e. The Balaban J connectivity index is 1.68. The molecule has 0 aromatic carbocycles. The van der Waals surface area contributed by atoms with Gasteiger partial charge in [0.15, 0.2) is 9.84 Å². The summed E-state index contributed by atoms with van der Waals surface area (Å²) in [6, 6.07) is 3.61. The van der Waals surface area contributed by atoms with E-state index < -0.39 is 9.84 Å². The van der Waals surface area contributed by atoms with E-state index in [-0.39, 0.29) is 23.5 Å². The summed E-state index contributed by atoms with van der Waals surface area (Å²) >= 11 is 0. The molecule has 7 heteroatoms. The maximum Gasteiger partial charge on any atom is 0.221 e. The molecule has 1 aromatic heterocycles. The van der Waals surface area contributed by atoms with Gasteiger partial charge in [-0.3, -0.25) is 4.79 Å². The van der Waals surface area contributed by atoms with Gasteiger partial charge in [-0.05, 0) is 25.6 Å². The summed E-state index contributed by atoms with van der Waals surface area (Å²) in [5.41, 5.74) is 0. The Hall–Kier alpha value is -1.34. The zero-order valence-electron chi connectivity index (χ0n) is 11.5. The lowest BCUT2D eigenvalue weighted by atomic mass is 10.2. The van der Waals surface area contributed by atoms with Crippen LogP contribution in [0.4, 0.5) is 0 Å². The first-order valence-electron chi connectivity index (χ1n) is 6.66. The van der Waals surface area contributed by atoms with Crippen molar-refractivity contribution in [2.24, 2.45) is 0 Å². The Labute approximate surface area is 119 Å². The fraction of sp³-hybridized carbons (Fsp3) is 0.615. The van der Waals surface area contributed by atoms with Crippen LogP contribution in [0.5, 0.6) is 0 Å². The van der Waals surface area contributed by atoms with Gasteiger partial charge in [0.25, 0.3) is 0 Å². The minimum absolute atomic E-state index is 0.0397. The van der Waals surface area contributed by atoms with E-state index in [1.54, 1.807) is 18.4 Å². The first kappa shape index (κ1) is 15.1. The lowest BCUT2D eigenvalue weighted by Crippen LogP contribution is -2.36. The number of carbonyl (C=O) groups excluding carboxylic acids is 1. The fourth-order valence-corrected chi connectivity index (χ4v) is 4.08. The van der Waals surface area contributed by atoms with Crippen LogP contribution in [-0.4, -0.2) is 50.4 Å². The van der Waals surface area contributed by atoms with Gasteiger partial charge in [0.05, 0.1) is 24.3 Å². The summed E-state index contributed by atoms with van der Waals surface area (Å²) < 4.78 is 27.9. The molecule has 0 aliphatic carbocycles. The van der Waals surface area contributed by atoms with Crippen molar-refractivity contribution >= 4 is 15.7 Å². The van der Waals surface area contributed by atoms with Crippen molar-refractivity contribution in [1.82, 2.24) is 10.2 Å². The van der Waals surface area contributed by atoms with Gasteiger partial charge in [-0.15, -0.1) is 0 Å². The number of hydrogen-bond donors (Lipinski definition) is 1. The van der Waals surface area contributed by atoms with E-state index in [0.717, 1.165) is 0 Å². The Morgan fingerprint density at radius 3 is 2.95 bits per heavy atom. The molecule has 2 heterocycles. The van der Waals surface area contributed by atoms with Gasteiger partial charge in [0.2, 0.25) is 5.91 Å². The van der Waals surface area contributed by atoms with Gasteiger partial charge in [-0.2, -0.15) is 0 Å². The highest BCUT2D eigenvalue weighted by Crippen LogP contribution is 2.16. The molecular formula is C13H20N2O4S. The molecule has 1 unspecified atom stereocenters. The second kappa shape index (κ2) is 6.41.